The number of benzene rings is 2. The van der Waals surface area contributed by atoms with Crippen molar-refractivity contribution in [1.29, 1.82) is 0 Å². The third-order valence-corrected chi connectivity index (χ3v) is 5.69. The fourth-order valence-electron chi connectivity index (χ4n) is 4.02. The summed E-state index contributed by atoms with van der Waals surface area (Å²) in [4.78, 5) is 39.4. The van der Waals surface area contributed by atoms with Crippen molar-refractivity contribution < 1.29 is 19.1 Å². The Balaban J connectivity index is 1.70. The Morgan fingerprint density at radius 3 is 2.38 bits per heavy atom. The zero-order chi connectivity index (χ0) is 24.4. The van der Waals surface area contributed by atoms with Gasteiger partial charge in [0.25, 0.3) is 11.8 Å². The summed E-state index contributed by atoms with van der Waals surface area (Å²) >= 11 is 0. The molecule has 1 aliphatic heterocycles. The number of imide groups is 2. The Hall–Kier alpha value is -4.39. The van der Waals surface area contributed by atoms with Crippen LogP contribution in [0.15, 0.2) is 72.8 Å². The maximum absolute atomic E-state index is 13.2. The fourth-order valence-corrected chi connectivity index (χ4v) is 4.02. The Kier molecular flexibility index (Phi) is 6.19. The molecule has 1 aliphatic rings. The van der Waals surface area contributed by atoms with E-state index in [1.807, 2.05) is 54.8 Å². The van der Waals surface area contributed by atoms with Crippen molar-refractivity contribution in [1.82, 2.24) is 9.88 Å². The molecule has 172 valence electrons. The number of rotatable bonds is 6. The lowest BCUT2D eigenvalue weighted by Gasteiger charge is -2.27. The van der Waals surface area contributed by atoms with E-state index in [0.717, 1.165) is 33.3 Å². The van der Waals surface area contributed by atoms with Gasteiger partial charge in [-0.3, -0.25) is 14.9 Å². The minimum Gasteiger partial charge on any atom is -0.490 e. The van der Waals surface area contributed by atoms with Crippen LogP contribution >= 0.6 is 0 Å². The SMILES string of the molecule is C=CCOc1ccc(-n2c(C)cc(/C=C3\C(=O)NC(=O)N(c4ccccc4C)C3=O)c2C)cc1. The van der Waals surface area contributed by atoms with Gasteiger partial charge < -0.3 is 9.30 Å². The van der Waals surface area contributed by atoms with Crippen LogP contribution in [0, 0.1) is 20.8 Å². The van der Waals surface area contributed by atoms with Crippen LogP contribution in [0.4, 0.5) is 10.5 Å². The van der Waals surface area contributed by atoms with E-state index in [-0.39, 0.29) is 5.57 Å². The highest BCUT2D eigenvalue weighted by Gasteiger charge is 2.37. The van der Waals surface area contributed by atoms with E-state index in [2.05, 4.69) is 11.9 Å². The van der Waals surface area contributed by atoms with Crippen LogP contribution in [0.5, 0.6) is 5.75 Å². The van der Waals surface area contributed by atoms with E-state index in [9.17, 15) is 14.4 Å². The molecule has 0 spiro atoms. The monoisotopic (exact) mass is 455 g/mol. The Morgan fingerprint density at radius 1 is 1.00 bits per heavy atom. The van der Waals surface area contributed by atoms with E-state index in [1.54, 1.807) is 31.2 Å². The summed E-state index contributed by atoms with van der Waals surface area (Å²) < 4.78 is 7.58. The van der Waals surface area contributed by atoms with Crippen LogP contribution in [-0.4, -0.2) is 29.0 Å². The highest BCUT2D eigenvalue weighted by Crippen LogP contribution is 2.28. The molecule has 1 saturated heterocycles. The molecule has 4 rings (SSSR count). The van der Waals surface area contributed by atoms with Gasteiger partial charge in [-0.05, 0) is 74.4 Å². The van der Waals surface area contributed by atoms with Crippen LogP contribution in [-0.2, 0) is 9.59 Å². The molecule has 4 amide bonds. The molecule has 0 atom stereocenters. The lowest BCUT2D eigenvalue weighted by atomic mass is 10.1. The van der Waals surface area contributed by atoms with E-state index in [4.69, 9.17) is 4.74 Å². The second kappa shape index (κ2) is 9.23. The van der Waals surface area contributed by atoms with Crippen LogP contribution < -0.4 is 15.0 Å². The van der Waals surface area contributed by atoms with Crippen molar-refractivity contribution >= 4 is 29.6 Å². The normalized spacial score (nSPS) is 15.0. The first-order valence-corrected chi connectivity index (χ1v) is 10.8. The van der Waals surface area contributed by atoms with Gasteiger partial charge in [-0.25, -0.2) is 9.69 Å². The van der Waals surface area contributed by atoms with Gasteiger partial charge in [-0.15, -0.1) is 0 Å². The largest absolute Gasteiger partial charge is 0.490 e. The first-order chi connectivity index (χ1) is 16.3. The maximum Gasteiger partial charge on any atom is 0.335 e. The lowest BCUT2D eigenvalue weighted by Crippen LogP contribution is -2.54. The number of ether oxygens (including phenoxy) is 1. The number of hydrogen-bond donors (Lipinski definition) is 1. The van der Waals surface area contributed by atoms with Crippen molar-refractivity contribution in [3.05, 3.63) is 95.3 Å². The number of nitrogens with one attached hydrogen (secondary N) is 1. The number of barbiturate groups is 1. The zero-order valence-corrected chi connectivity index (χ0v) is 19.3. The van der Waals surface area contributed by atoms with Crippen LogP contribution in [0.1, 0.15) is 22.5 Å². The molecule has 0 radical (unpaired) electrons. The van der Waals surface area contributed by atoms with Gasteiger partial charge >= 0.3 is 6.03 Å². The number of carbonyl (C=O) groups is 3. The summed E-state index contributed by atoms with van der Waals surface area (Å²) in [7, 11) is 0. The van der Waals surface area contributed by atoms with Gasteiger partial charge in [0.1, 0.15) is 17.9 Å². The maximum atomic E-state index is 13.2. The third-order valence-electron chi connectivity index (χ3n) is 5.69. The third kappa shape index (κ3) is 4.15. The van der Waals surface area contributed by atoms with Crippen LogP contribution in [0.25, 0.3) is 11.8 Å². The number of aromatic nitrogens is 1. The van der Waals surface area contributed by atoms with Crippen molar-refractivity contribution in [2.24, 2.45) is 0 Å². The van der Waals surface area contributed by atoms with Gasteiger partial charge in [0, 0.05) is 17.1 Å². The molecule has 3 aromatic rings. The molecule has 2 aromatic carbocycles. The number of anilines is 1. The number of urea groups is 1. The van der Waals surface area contributed by atoms with Crippen LogP contribution in [0.3, 0.4) is 0 Å². The number of amides is 4. The average molecular weight is 456 g/mol. The summed E-state index contributed by atoms with van der Waals surface area (Å²) in [6, 6.07) is 15.8. The quantitative estimate of drug-likeness (QED) is 0.334. The Bertz CT molecular complexity index is 1330. The molecule has 1 fully saturated rings. The van der Waals surface area contributed by atoms with E-state index < -0.39 is 17.8 Å². The summed E-state index contributed by atoms with van der Waals surface area (Å²) in [5.41, 5.74) is 4.50. The molecule has 2 heterocycles. The number of nitrogens with zero attached hydrogens (tertiary/aromatic N) is 2. The van der Waals surface area contributed by atoms with Gasteiger partial charge in [-0.2, -0.15) is 0 Å². The molecular formula is C27H25N3O4. The van der Waals surface area contributed by atoms with Crippen LogP contribution in [0.2, 0.25) is 0 Å². The lowest BCUT2D eigenvalue weighted by molar-refractivity contribution is -0.122. The summed E-state index contributed by atoms with van der Waals surface area (Å²) in [6.07, 6.45) is 3.22. The molecule has 0 aliphatic carbocycles. The summed E-state index contributed by atoms with van der Waals surface area (Å²) in [5, 5.41) is 2.28. The van der Waals surface area contributed by atoms with Gasteiger partial charge in [-0.1, -0.05) is 30.9 Å². The number of hydrogen-bond acceptors (Lipinski definition) is 4. The van der Waals surface area contributed by atoms with Crippen molar-refractivity contribution in [3.63, 3.8) is 0 Å². The van der Waals surface area contributed by atoms with E-state index in [0.29, 0.717) is 17.9 Å². The van der Waals surface area contributed by atoms with Gasteiger partial charge in [0.15, 0.2) is 0 Å². The topological polar surface area (TPSA) is 80.6 Å². The van der Waals surface area contributed by atoms with Crippen molar-refractivity contribution in [2.75, 3.05) is 11.5 Å². The first kappa shape index (κ1) is 22.8. The minimum absolute atomic E-state index is 0.101. The number of para-hydroxylation sites is 1. The Morgan fingerprint density at radius 2 is 1.71 bits per heavy atom. The number of aryl methyl sites for hydroxylation is 2. The predicted molar refractivity (Wildman–Crippen MR) is 131 cm³/mol. The first-order valence-electron chi connectivity index (χ1n) is 10.8. The number of carbonyl (C=O) groups excluding carboxylic acids is 3. The van der Waals surface area contributed by atoms with Crippen molar-refractivity contribution in [2.45, 2.75) is 20.8 Å². The second-order valence-corrected chi connectivity index (χ2v) is 8.00. The highest BCUT2D eigenvalue weighted by molar-refractivity contribution is 6.39. The second-order valence-electron chi connectivity index (χ2n) is 8.00. The summed E-state index contributed by atoms with van der Waals surface area (Å²) in [6.45, 7) is 9.74. The molecule has 0 unspecified atom stereocenters. The minimum atomic E-state index is -0.759. The molecule has 0 bridgehead atoms. The van der Waals surface area contributed by atoms with Gasteiger partial charge in [0.05, 0.1) is 5.69 Å². The fraction of sp³-hybridized carbons (Fsp3) is 0.148. The zero-order valence-electron chi connectivity index (χ0n) is 19.3. The van der Waals surface area contributed by atoms with Crippen molar-refractivity contribution in [3.8, 4) is 11.4 Å². The molecular weight excluding hydrogens is 430 g/mol. The molecule has 7 heteroatoms. The molecule has 0 saturated carbocycles. The molecule has 1 N–H and O–H groups in total. The highest BCUT2D eigenvalue weighted by atomic mass is 16.5. The molecule has 7 nitrogen and oxygen atoms in total. The molecule has 1 aromatic heterocycles. The molecule has 34 heavy (non-hydrogen) atoms. The smallest absolute Gasteiger partial charge is 0.335 e. The average Bonchev–Trinajstić information content (AvgIpc) is 3.09. The summed E-state index contributed by atoms with van der Waals surface area (Å²) in [5.74, 6) is -0.635. The van der Waals surface area contributed by atoms with E-state index >= 15 is 0 Å². The van der Waals surface area contributed by atoms with E-state index in [1.165, 1.54) is 6.08 Å². The van der Waals surface area contributed by atoms with Gasteiger partial charge in [0.2, 0.25) is 0 Å². The standard InChI is InChI=1S/C27H25N3O4/c1-5-14-34-22-12-10-21(11-13-22)29-18(3)15-20(19(29)4)16-23-25(31)28-27(33)30(26(23)32)24-9-7-6-8-17(24)2/h5-13,15-16H,1,14H2,2-4H3,(H,28,31,33)/b23-16+. The predicted octanol–water partition coefficient (Wildman–Crippen LogP) is 4.63. The Labute approximate surface area is 198 Å².